The Bertz CT molecular complexity index is 722. The van der Waals surface area contributed by atoms with Gasteiger partial charge in [-0.3, -0.25) is 0 Å². The summed E-state index contributed by atoms with van der Waals surface area (Å²) < 4.78 is 12.2. The number of rotatable bonds is 3. The molecule has 3 rings (SSSR count). The highest BCUT2D eigenvalue weighted by Crippen LogP contribution is 2.27. The molecule has 0 saturated heterocycles. The van der Waals surface area contributed by atoms with Crippen molar-refractivity contribution in [2.45, 2.75) is 0 Å². The molecule has 0 aliphatic heterocycles. The molecule has 0 aliphatic rings. The molecule has 5 heteroatoms. The van der Waals surface area contributed by atoms with Crippen molar-refractivity contribution in [1.82, 2.24) is 14.6 Å². The van der Waals surface area contributed by atoms with E-state index in [1.807, 2.05) is 42.6 Å². The fraction of sp³-hybridized carbons (Fsp3) is 0.143. The zero-order valence-electron chi connectivity index (χ0n) is 10.7. The molecule has 0 saturated carbocycles. The summed E-state index contributed by atoms with van der Waals surface area (Å²) in [5.74, 6) is 2.14. The standard InChI is InChI=1S/C14H13N3O2/c1-18-10-7-8-17-13(9-10)15-14(16-17)11-5-3-4-6-12(11)19-2/h3-9H,1-2H3. The Labute approximate surface area is 110 Å². The average molecular weight is 255 g/mol. The van der Waals surface area contributed by atoms with E-state index in [-0.39, 0.29) is 0 Å². The molecule has 0 N–H and O–H groups in total. The fourth-order valence-electron chi connectivity index (χ4n) is 1.93. The quantitative estimate of drug-likeness (QED) is 0.721. The number of benzene rings is 1. The molecule has 2 heterocycles. The lowest BCUT2D eigenvalue weighted by molar-refractivity contribution is 0.414. The summed E-state index contributed by atoms with van der Waals surface area (Å²) in [6.45, 7) is 0. The second kappa shape index (κ2) is 4.61. The lowest BCUT2D eigenvalue weighted by Gasteiger charge is -2.03. The van der Waals surface area contributed by atoms with E-state index in [4.69, 9.17) is 9.47 Å². The van der Waals surface area contributed by atoms with Gasteiger partial charge in [-0.15, -0.1) is 5.10 Å². The average Bonchev–Trinajstić information content (AvgIpc) is 2.89. The number of nitrogens with zero attached hydrogens (tertiary/aromatic N) is 3. The van der Waals surface area contributed by atoms with Gasteiger partial charge in [0.1, 0.15) is 11.5 Å². The van der Waals surface area contributed by atoms with Gasteiger partial charge in [0.2, 0.25) is 0 Å². The summed E-state index contributed by atoms with van der Waals surface area (Å²) >= 11 is 0. The largest absolute Gasteiger partial charge is 0.497 e. The van der Waals surface area contributed by atoms with Gasteiger partial charge in [0.05, 0.1) is 19.8 Å². The summed E-state index contributed by atoms with van der Waals surface area (Å²) in [5, 5.41) is 4.44. The van der Waals surface area contributed by atoms with Crippen LogP contribution in [0, 0.1) is 0 Å². The Balaban J connectivity index is 2.15. The Morgan fingerprint density at radius 3 is 2.68 bits per heavy atom. The predicted octanol–water partition coefficient (Wildman–Crippen LogP) is 2.41. The van der Waals surface area contributed by atoms with Crippen LogP contribution >= 0.6 is 0 Å². The first-order valence-electron chi connectivity index (χ1n) is 5.85. The summed E-state index contributed by atoms with van der Waals surface area (Å²) in [7, 11) is 3.26. The molecule has 2 aromatic heterocycles. The summed E-state index contributed by atoms with van der Waals surface area (Å²) in [6, 6.07) is 11.4. The van der Waals surface area contributed by atoms with Crippen LogP contribution in [0.25, 0.3) is 17.0 Å². The Kier molecular flexibility index (Phi) is 2.79. The Hall–Kier alpha value is -2.56. The third-order valence-electron chi connectivity index (χ3n) is 2.89. The van der Waals surface area contributed by atoms with Crippen molar-refractivity contribution in [1.29, 1.82) is 0 Å². The molecule has 0 bridgehead atoms. The molecule has 5 nitrogen and oxygen atoms in total. The van der Waals surface area contributed by atoms with Crippen LogP contribution in [0.5, 0.6) is 11.5 Å². The van der Waals surface area contributed by atoms with Crippen molar-refractivity contribution in [3.8, 4) is 22.9 Å². The molecule has 0 amide bonds. The number of fused-ring (bicyclic) bond motifs is 1. The van der Waals surface area contributed by atoms with Crippen molar-refractivity contribution in [3.05, 3.63) is 42.6 Å². The summed E-state index contributed by atoms with van der Waals surface area (Å²) in [6.07, 6.45) is 1.82. The molecule has 96 valence electrons. The van der Waals surface area contributed by atoms with Gasteiger partial charge >= 0.3 is 0 Å². The maximum Gasteiger partial charge on any atom is 0.185 e. The zero-order chi connectivity index (χ0) is 13.2. The second-order valence-electron chi connectivity index (χ2n) is 4.01. The SMILES string of the molecule is COc1ccn2nc(-c3ccccc3OC)nc2c1. The van der Waals surface area contributed by atoms with Gasteiger partial charge in [0, 0.05) is 12.3 Å². The van der Waals surface area contributed by atoms with Crippen LogP contribution in [-0.4, -0.2) is 28.8 Å². The van der Waals surface area contributed by atoms with Crippen LogP contribution < -0.4 is 9.47 Å². The van der Waals surface area contributed by atoms with Crippen LogP contribution in [-0.2, 0) is 0 Å². The first-order chi connectivity index (χ1) is 9.31. The molecule has 0 spiro atoms. The molecular formula is C14H13N3O2. The second-order valence-corrected chi connectivity index (χ2v) is 4.01. The highest BCUT2D eigenvalue weighted by atomic mass is 16.5. The number of aromatic nitrogens is 3. The van der Waals surface area contributed by atoms with Gasteiger partial charge in [-0.05, 0) is 18.2 Å². The predicted molar refractivity (Wildman–Crippen MR) is 71.5 cm³/mol. The first-order valence-corrected chi connectivity index (χ1v) is 5.85. The van der Waals surface area contributed by atoms with Gasteiger partial charge in [-0.2, -0.15) is 0 Å². The smallest absolute Gasteiger partial charge is 0.185 e. The molecule has 0 fully saturated rings. The number of para-hydroxylation sites is 1. The minimum Gasteiger partial charge on any atom is -0.497 e. The number of hydrogen-bond acceptors (Lipinski definition) is 4. The molecule has 0 radical (unpaired) electrons. The van der Waals surface area contributed by atoms with E-state index in [1.54, 1.807) is 18.7 Å². The van der Waals surface area contributed by atoms with Crippen LogP contribution in [0.2, 0.25) is 0 Å². The highest BCUT2D eigenvalue weighted by Gasteiger charge is 2.11. The molecule has 0 aliphatic carbocycles. The van der Waals surface area contributed by atoms with E-state index in [1.165, 1.54) is 0 Å². The number of methoxy groups -OCH3 is 2. The lowest BCUT2D eigenvalue weighted by Crippen LogP contribution is -1.90. The van der Waals surface area contributed by atoms with Gasteiger partial charge in [0.15, 0.2) is 11.5 Å². The number of ether oxygens (including phenoxy) is 2. The third kappa shape index (κ3) is 1.99. The highest BCUT2D eigenvalue weighted by molar-refractivity contribution is 5.66. The Morgan fingerprint density at radius 2 is 1.89 bits per heavy atom. The van der Waals surface area contributed by atoms with Crippen LogP contribution in [0.1, 0.15) is 0 Å². The topological polar surface area (TPSA) is 48.7 Å². The first kappa shape index (κ1) is 11.5. The monoisotopic (exact) mass is 255 g/mol. The maximum absolute atomic E-state index is 5.33. The van der Waals surface area contributed by atoms with Gasteiger partial charge in [0.25, 0.3) is 0 Å². The van der Waals surface area contributed by atoms with Crippen molar-refractivity contribution in [3.63, 3.8) is 0 Å². The fourth-order valence-corrected chi connectivity index (χ4v) is 1.93. The molecule has 0 unspecified atom stereocenters. The molecule has 19 heavy (non-hydrogen) atoms. The number of hydrogen-bond donors (Lipinski definition) is 0. The normalized spacial score (nSPS) is 10.6. The van der Waals surface area contributed by atoms with Crippen molar-refractivity contribution >= 4 is 5.65 Å². The van der Waals surface area contributed by atoms with Crippen LogP contribution in [0.3, 0.4) is 0 Å². The van der Waals surface area contributed by atoms with E-state index < -0.39 is 0 Å². The maximum atomic E-state index is 5.33. The van der Waals surface area contributed by atoms with Gasteiger partial charge < -0.3 is 9.47 Å². The zero-order valence-corrected chi connectivity index (χ0v) is 10.7. The van der Waals surface area contributed by atoms with Gasteiger partial charge in [-0.1, -0.05) is 12.1 Å². The summed E-state index contributed by atoms with van der Waals surface area (Å²) in [5.41, 5.74) is 1.60. The molecular weight excluding hydrogens is 242 g/mol. The van der Waals surface area contributed by atoms with E-state index >= 15 is 0 Å². The summed E-state index contributed by atoms with van der Waals surface area (Å²) in [4.78, 5) is 4.49. The van der Waals surface area contributed by atoms with E-state index in [2.05, 4.69) is 10.1 Å². The Morgan fingerprint density at radius 1 is 1.05 bits per heavy atom. The minimum absolute atomic E-state index is 0.630. The minimum atomic E-state index is 0.630. The van der Waals surface area contributed by atoms with Gasteiger partial charge in [-0.25, -0.2) is 9.50 Å². The van der Waals surface area contributed by atoms with E-state index in [0.717, 1.165) is 22.7 Å². The van der Waals surface area contributed by atoms with Crippen LogP contribution in [0.4, 0.5) is 0 Å². The molecule has 1 aromatic carbocycles. The van der Waals surface area contributed by atoms with Crippen molar-refractivity contribution in [2.24, 2.45) is 0 Å². The van der Waals surface area contributed by atoms with E-state index in [0.29, 0.717) is 5.82 Å². The lowest BCUT2D eigenvalue weighted by atomic mass is 10.2. The van der Waals surface area contributed by atoms with Crippen molar-refractivity contribution < 1.29 is 9.47 Å². The third-order valence-corrected chi connectivity index (χ3v) is 2.89. The number of pyridine rings is 1. The molecule has 0 atom stereocenters. The van der Waals surface area contributed by atoms with Crippen molar-refractivity contribution in [2.75, 3.05) is 14.2 Å². The van der Waals surface area contributed by atoms with E-state index in [9.17, 15) is 0 Å². The molecule has 3 aromatic rings. The van der Waals surface area contributed by atoms with Crippen LogP contribution in [0.15, 0.2) is 42.6 Å².